The van der Waals surface area contributed by atoms with Crippen LogP contribution in [0.5, 0.6) is 0 Å². The van der Waals surface area contributed by atoms with Crippen molar-refractivity contribution in [1.29, 1.82) is 0 Å². The summed E-state index contributed by atoms with van der Waals surface area (Å²) >= 11 is 1.75. The van der Waals surface area contributed by atoms with E-state index in [4.69, 9.17) is 0 Å². The molecule has 3 heteroatoms. The van der Waals surface area contributed by atoms with Crippen molar-refractivity contribution in [3.05, 3.63) is 35.1 Å². The van der Waals surface area contributed by atoms with Gasteiger partial charge in [0, 0.05) is 29.0 Å². The average Bonchev–Trinajstić information content (AvgIpc) is 2.66. The number of hydrogen-bond donors (Lipinski definition) is 0. The lowest BCUT2D eigenvalue weighted by Gasteiger charge is -1.98. The van der Waals surface area contributed by atoms with E-state index in [1.54, 1.807) is 11.3 Å². The van der Waals surface area contributed by atoms with Crippen LogP contribution >= 0.6 is 11.3 Å². The van der Waals surface area contributed by atoms with Gasteiger partial charge in [-0.15, -0.1) is 11.3 Å². The number of pyridine rings is 1. The van der Waals surface area contributed by atoms with Gasteiger partial charge in [0.15, 0.2) is 0 Å². The average molecular weight is 218 g/mol. The van der Waals surface area contributed by atoms with Gasteiger partial charge in [-0.3, -0.25) is 4.98 Å². The Kier molecular flexibility index (Phi) is 2.82. The summed E-state index contributed by atoms with van der Waals surface area (Å²) < 4.78 is 0. The quantitative estimate of drug-likeness (QED) is 0.769. The molecule has 0 saturated heterocycles. The second kappa shape index (κ2) is 4.11. The molecular weight excluding hydrogens is 204 g/mol. The summed E-state index contributed by atoms with van der Waals surface area (Å²) in [7, 11) is 0. The van der Waals surface area contributed by atoms with Crippen molar-refractivity contribution in [1.82, 2.24) is 9.97 Å². The van der Waals surface area contributed by atoms with Crippen LogP contribution in [0.1, 0.15) is 30.2 Å². The molecule has 0 spiro atoms. The van der Waals surface area contributed by atoms with Crippen molar-refractivity contribution in [2.45, 2.75) is 26.7 Å². The Bertz CT molecular complexity index is 460. The van der Waals surface area contributed by atoms with Crippen LogP contribution in [0.2, 0.25) is 0 Å². The highest BCUT2D eigenvalue weighted by Crippen LogP contribution is 2.29. The lowest BCUT2D eigenvalue weighted by Crippen LogP contribution is -1.80. The first-order valence-corrected chi connectivity index (χ1v) is 5.86. The molecule has 2 aromatic heterocycles. The Labute approximate surface area is 94.0 Å². The summed E-state index contributed by atoms with van der Waals surface area (Å²) in [5.74, 6) is 0.550. The molecule has 0 aromatic carbocycles. The molecule has 2 heterocycles. The Hall–Kier alpha value is -1.22. The largest absolute Gasteiger partial charge is 0.264 e. The number of aryl methyl sites for hydroxylation is 1. The zero-order valence-corrected chi connectivity index (χ0v) is 10.0. The Morgan fingerprint density at radius 1 is 1.20 bits per heavy atom. The normalized spacial score (nSPS) is 10.9. The first kappa shape index (κ1) is 10.3. The van der Waals surface area contributed by atoms with Gasteiger partial charge >= 0.3 is 0 Å². The molecule has 0 fully saturated rings. The van der Waals surface area contributed by atoms with Crippen LogP contribution < -0.4 is 0 Å². The molecule has 78 valence electrons. The maximum atomic E-state index is 4.43. The molecule has 0 aliphatic heterocycles. The molecule has 15 heavy (non-hydrogen) atoms. The highest BCUT2D eigenvalue weighted by molar-refractivity contribution is 7.15. The van der Waals surface area contributed by atoms with Crippen molar-refractivity contribution in [3.63, 3.8) is 0 Å². The summed E-state index contributed by atoms with van der Waals surface area (Å²) in [6.07, 6.45) is 5.70. The summed E-state index contributed by atoms with van der Waals surface area (Å²) in [4.78, 5) is 9.93. The lowest BCUT2D eigenvalue weighted by molar-refractivity contribution is 0.885. The lowest BCUT2D eigenvalue weighted by atomic mass is 10.2. The van der Waals surface area contributed by atoms with E-state index in [2.05, 4.69) is 29.9 Å². The van der Waals surface area contributed by atoms with Crippen LogP contribution in [0.4, 0.5) is 0 Å². The second-order valence-electron chi connectivity index (χ2n) is 3.97. The zero-order chi connectivity index (χ0) is 10.8. The van der Waals surface area contributed by atoms with E-state index in [9.17, 15) is 0 Å². The SMILES string of the molecule is Cc1cncc(-c2ncc(C(C)C)s2)c1. The van der Waals surface area contributed by atoms with Gasteiger partial charge in [0.05, 0.1) is 0 Å². The molecule has 0 N–H and O–H groups in total. The van der Waals surface area contributed by atoms with Gasteiger partial charge in [0.25, 0.3) is 0 Å². The van der Waals surface area contributed by atoms with Gasteiger partial charge in [-0.2, -0.15) is 0 Å². The molecule has 2 nitrogen and oxygen atoms in total. The predicted octanol–water partition coefficient (Wildman–Crippen LogP) is 3.64. The molecule has 2 rings (SSSR count). The molecule has 0 atom stereocenters. The third kappa shape index (κ3) is 2.23. The van der Waals surface area contributed by atoms with E-state index in [1.165, 1.54) is 10.4 Å². The number of hydrogen-bond acceptors (Lipinski definition) is 3. The minimum absolute atomic E-state index is 0.550. The first-order valence-electron chi connectivity index (χ1n) is 5.04. The van der Waals surface area contributed by atoms with Crippen molar-refractivity contribution in [3.8, 4) is 10.6 Å². The summed E-state index contributed by atoms with van der Waals surface area (Å²) in [6, 6.07) is 2.12. The van der Waals surface area contributed by atoms with Gasteiger partial charge in [0.2, 0.25) is 0 Å². The molecule has 0 aliphatic rings. The van der Waals surface area contributed by atoms with E-state index >= 15 is 0 Å². The zero-order valence-electron chi connectivity index (χ0n) is 9.19. The molecular formula is C12H14N2S. The van der Waals surface area contributed by atoms with E-state index < -0.39 is 0 Å². The van der Waals surface area contributed by atoms with Gasteiger partial charge in [-0.25, -0.2) is 4.98 Å². The van der Waals surface area contributed by atoms with Crippen LogP contribution in [-0.4, -0.2) is 9.97 Å². The monoisotopic (exact) mass is 218 g/mol. The topological polar surface area (TPSA) is 25.8 Å². The number of thiazole rings is 1. The van der Waals surface area contributed by atoms with E-state index in [0.717, 1.165) is 10.6 Å². The molecule has 0 amide bonds. The van der Waals surface area contributed by atoms with Crippen LogP contribution in [-0.2, 0) is 0 Å². The van der Waals surface area contributed by atoms with E-state index in [-0.39, 0.29) is 0 Å². The van der Waals surface area contributed by atoms with Crippen LogP contribution in [0.25, 0.3) is 10.6 Å². The van der Waals surface area contributed by atoms with Crippen molar-refractivity contribution < 1.29 is 0 Å². The minimum Gasteiger partial charge on any atom is -0.264 e. The molecule has 0 radical (unpaired) electrons. The van der Waals surface area contributed by atoms with Gasteiger partial charge < -0.3 is 0 Å². The first-order chi connectivity index (χ1) is 7.16. The molecule has 0 bridgehead atoms. The molecule has 0 aliphatic carbocycles. The Morgan fingerprint density at radius 3 is 2.60 bits per heavy atom. The van der Waals surface area contributed by atoms with Crippen molar-refractivity contribution in [2.24, 2.45) is 0 Å². The summed E-state index contributed by atoms with van der Waals surface area (Å²) in [5.41, 5.74) is 2.29. The van der Waals surface area contributed by atoms with E-state index in [1.807, 2.05) is 25.5 Å². The Morgan fingerprint density at radius 2 is 2.00 bits per heavy atom. The maximum absolute atomic E-state index is 4.43. The maximum Gasteiger partial charge on any atom is 0.125 e. The van der Waals surface area contributed by atoms with Crippen LogP contribution in [0.15, 0.2) is 24.7 Å². The summed E-state index contributed by atoms with van der Waals surface area (Å²) in [5, 5.41) is 1.06. The standard InChI is InChI=1S/C12H14N2S/c1-8(2)11-7-14-12(15-11)10-4-9(3)5-13-6-10/h4-8H,1-3H3. The van der Waals surface area contributed by atoms with Crippen molar-refractivity contribution in [2.75, 3.05) is 0 Å². The van der Waals surface area contributed by atoms with E-state index in [0.29, 0.717) is 5.92 Å². The van der Waals surface area contributed by atoms with Crippen molar-refractivity contribution >= 4 is 11.3 Å². The molecule has 0 saturated carbocycles. The third-order valence-corrected chi connectivity index (χ3v) is 3.56. The molecule has 0 unspecified atom stereocenters. The molecule has 2 aromatic rings. The van der Waals surface area contributed by atoms with Gasteiger partial charge in [0.1, 0.15) is 5.01 Å². The fourth-order valence-electron chi connectivity index (χ4n) is 1.36. The highest BCUT2D eigenvalue weighted by Gasteiger charge is 2.07. The second-order valence-corrected chi connectivity index (χ2v) is 5.04. The number of nitrogens with zero attached hydrogens (tertiary/aromatic N) is 2. The minimum atomic E-state index is 0.550. The fraction of sp³-hybridized carbons (Fsp3) is 0.333. The summed E-state index contributed by atoms with van der Waals surface area (Å²) in [6.45, 7) is 6.42. The van der Waals surface area contributed by atoms with Gasteiger partial charge in [-0.05, 0) is 24.5 Å². The van der Waals surface area contributed by atoms with Gasteiger partial charge in [-0.1, -0.05) is 13.8 Å². The number of aromatic nitrogens is 2. The van der Waals surface area contributed by atoms with Crippen LogP contribution in [0.3, 0.4) is 0 Å². The third-order valence-electron chi connectivity index (χ3n) is 2.21. The fourth-order valence-corrected chi connectivity index (χ4v) is 2.26. The predicted molar refractivity (Wildman–Crippen MR) is 64.2 cm³/mol. The number of rotatable bonds is 2. The van der Waals surface area contributed by atoms with Crippen LogP contribution in [0, 0.1) is 6.92 Å². The Balaban J connectivity index is 2.37. The highest BCUT2D eigenvalue weighted by atomic mass is 32.1. The smallest absolute Gasteiger partial charge is 0.125 e.